The summed E-state index contributed by atoms with van der Waals surface area (Å²) in [5.74, 6) is 2.26. The summed E-state index contributed by atoms with van der Waals surface area (Å²) in [4.78, 5) is 4.11. The molecule has 62 valence electrons. The molecule has 1 aromatic rings. The number of aromatic nitrogens is 1. The second-order valence-electron chi connectivity index (χ2n) is 2.54. The van der Waals surface area contributed by atoms with Gasteiger partial charge >= 0.3 is 0 Å². The van der Waals surface area contributed by atoms with Gasteiger partial charge in [-0.3, -0.25) is 4.98 Å². The molecule has 0 aliphatic rings. The van der Waals surface area contributed by atoms with Crippen molar-refractivity contribution < 1.29 is 5.11 Å². The fourth-order valence-electron chi connectivity index (χ4n) is 0.914. The van der Waals surface area contributed by atoms with E-state index in [4.69, 9.17) is 11.5 Å². The van der Waals surface area contributed by atoms with Gasteiger partial charge in [0.25, 0.3) is 0 Å². The van der Waals surface area contributed by atoms with E-state index in [0.29, 0.717) is 6.42 Å². The first-order chi connectivity index (χ1) is 5.83. The van der Waals surface area contributed by atoms with Crippen molar-refractivity contribution in [3.05, 3.63) is 30.1 Å². The van der Waals surface area contributed by atoms with E-state index in [1.165, 1.54) is 0 Å². The average molecular weight is 161 g/mol. The summed E-state index contributed by atoms with van der Waals surface area (Å²) < 4.78 is 0. The van der Waals surface area contributed by atoms with Crippen molar-refractivity contribution in [1.29, 1.82) is 0 Å². The predicted molar refractivity (Wildman–Crippen MR) is 47.4 cm³/mol. The van der Waals surface area contributed by atoms with Crippen LogP contribution in [0.4, 0.5) is 0 Å². The third-order valence-electron chi connectivity index (χ3n) is 1.59. The van der Waals surface area contributed by atoms with Crippen molar-refractivity contribution in [3.8, 4) is 12.3 Å². The van der Waals surface area contributed by atoms with E-state index in [-0.39, 0.29) is 0 Å². The lowest BCUT2D eigenvalue weighted by atomic mass is 10.1. The Balaban J connectivity index is 2.40. The fraction of sp³-hybridized carbons (Fsp3) is 0.300. The number of hydrogen-bond donors (Lipinski definition) is 1. The molecule has 1 heterocycles. The van der Waals surface area contributed by atoms with Gasteiger partial charge in [-0.25, -0.2) is 0 Å². The van der Waals surface area contributed by atoms with Crippen LogP contribution in [0, 0.1) is 12.3 Å². The Bertz CT molecular complexity index is 263. The fourth-order valence-corrected chi connectivity index (χ4v) is 0.914. The summed E-state index contributed by atoms with van der Waals surface area (Å²) in [5, 5.41) is 9.06. The van der Waals surface area contributed by atoms with Gasteiger partial charge in [-0.1, -0.05) is 12.0 Å². The van der Waals surface area contributed by atoms with Crippen LogP contribution in [0.2, 0.25) is 0 Å². The molecule has 0 bridgehead atoms. The summed E-state index contributed by atoms with van der Waals surface area (Å²) in [6.45, 7) is 0. The highest BCUT2D eigenvalue weighted by molar-refractivity contribution is 5.05. The first-order valence-corrected chi connectivity index (χ1v) is 3.87. The van der Waals surface area contributed by atoms with E-state index in [2.05, 4.69) is 10.9 Å². The number of pyridine rings is 1. The zero-order valence-electron chi connectivity index (χ0n) is 6.77. The molecule has 0 aliphatic heterocycles. The molecule has 1 atom stereocenters. The van der Waals surface area contributed by atoms with Gasteiger partial charge in [-0.2, -0.15) is 0 Å². The van der Waals surface area contributed by atoms with Crippen molar-refractivity contribution in [2.75, 3.05) is 0 Å². The Morgan fingerprint density at radius 3 is 3.00 bits per heavy atom. The molecular formula is C10H11NO. The van der Waals surface area contributed by atoms with Crippen LogP contribution in [0.1, 0.15) is 12.1 Å². The van der Waals surface area contributed by atoms with Gasteiger partial charge < -0.3 is 5.11 Å². The number of terminal acetylenes is 1. The molecule has 1 aromatic heterocycles. The highest BCUT2D eigenvalue weighted by Gasteiger charge is 1.99. The molecule has 2 nitrogen and oxygen atoms in total. The molecule has 0 radical (unpaired) electrons. The maximum absolute atomic E-state index is 9.06. The largest absolute Gasteiger partial charge is 0.380 e. The third-order valence-corrected chi connectivity index (χ3v) is 1.59. The smallest absolute Gasteiger partial charge is 0.114 e. The number of aliphatic hydroxyl groups is 1. The molecule has 0 amide bonds. The number of hydrogen-bond acceptors (Lipinski definition) is 2. The number of aliphatic hydroxyl groups excluding tert-OH is 1. The van der Waals surface area contributed by atoms with E-state index >= 15 is 0 Å². The molecule has 0 aromatic carbocycles. The van der Waals surface area contributed by atoms with Crippen LogP contribution in [0.25, 0.3) is 0 Å². The molecule has 1 N–H and O–H groups in total. The monoisotopic (exact) mass is 161 g/mol. The van der Waals surface area contributed by atoms with Crippen LogP contribution >= 0.6 is 0 Å². The van der Waals surface area contributed by atoms with Gasteiger partial charge in [0.1, 0.15) is 6.10 Å². The molecule has 2 heteroatoms. The van der Waals surface area contributed by atoms with Gasteiger partial charge in [0.15, 0.2) is 0 Å². The van der Waals surface area contributed by atoms with Crippen molar-refractivity contribution in [2.45, 2.75) is 18.9 Å². The highest BCUT2D eigenvalue weighted by atomic mass is 16.3. The molecule has 0 fully saturated rings. The number of nitrogens with zero attached hydrogens (tertiary/aromatic N) is 1. The standard InChI is InChI=1S/C10H11NO/c1-2-10(12)7-6-9-5-3-4-8-11-9/h1,3-5,8,10,12H,6-7H2. The van der Waals surface area contributed by atoms with E-state index < -0.39 is 6.10 Å². The third kappa shape index (κ3) is 2.73. The summed E-state index contributed by atoms with van der Waals surface area (Å²) in [6, 6.07) is 5.70. The molecule has 0 aliphatic carbocycles. The van der Waals surface area contributed by atoms with Gasteiger partial charge in [0.05, 0.1) is 0 Å². The SMILES string of the molecule is C#CC(O)CCc1ccccn1. The Morgan fingerprint density at radius 2 is 2.42 bits per heavy atom. The van der Waals surface area contributed by atoms with Gasteiger partial charge in [-0.15, -0.1) is 6.42 Å². The van der Waals surface area contributed by atoms with Crippen molar-refractivity contribution in [3.63, 3.8) is 0 Å². The average Bonchev–Trinajstić information content (AvgIpc) is 2.16. The van der Waals surface area contributed by atoms with Crippen LogP contribution in [-0.4, -0.2) is 16.2 Å². The molecule has 0 saturated carbocycles. The second-order valence-corrected chi connectivity index (χ2v) is 2.54. The molecule has 0 saturated heterocycles. The maximum atomic E-state index is 9.06. The number of aryl methyl sites for hydroxylation is 1. The quantitative estimate of drug-likeness (QED) is 0.671. The minimum Gasteiger partial charge on any atom is -0.380 e. The first kappa shape index (κ1) is 8.76. The van der Waals surface area contributed by atoms with Crippen LogP contribution < -0.4 is 0 Å². The Kier molecular flexibility index (Phi) is 3.31. The normalized spacial score (nSPS) is 12.0. The molecule has 0 spiro atoms. The number of rotatable bonds is 3. The van der Waals surface area contributed by atoms with Gasteiger partial charge in [0.2, 0.25) is 0 Å². The molecule has 12 heavy (non-hydrogen) atoms. The highest BCUT2D eigenvalue weighted by Crippen LogP contribution is 2.00. The van der Waals surface area contributed by atoms with E-state index in [1.807, 2.05) is 18.2 Å². The lowest BCUT2D eigenvalue weighted by molar-refractivity contribution is 0.222. The van der Waals surface area contributed by atoms with E-state index in [1.54, 1.807) is 6.20 Å². The van der Waals surface area contributed by atoms with Gasteiger partial charge in [0, 0.05) is 11.9 Å². The van der Waals surface area contributed by atoms with Crippen molar-refractivity contribution >= 4 is 0 Å². The summed E-state index contributed by atoms with van der Waals surface area (Å²) in [6.07, 6.45) is 7.41. The Morgan fingerprint density at radius 1 is 1.58 bits per heavy atom. The van der Waals surface area contributed by atoms with Crippen LogP contribution in [-0.2, 0) is 6.42 Å². The summed E-state index contributed by atoms with van der Waals surface area (Å²) in [5.41, 5.74) is 0.965. The van der Waals surface area contributed by atoms with Gasteiger partial charge in [-0.05, 0) is 25.0 Å². The topological polar surface area (TPSA) is 33.1 Å². The predicted octanol–water partition coefficient (Wildman–Crippen LogP) is 1.01. The molecule has 1 unspecified atom stereocenters. The second kappa shape index (κ2) is 4.53. The minimum absolute atomic E-state index is 0.577. The molecular weight excluding hydrogens is 150 g/mol. The maximum Gasteiger partial charge on any atom is 0.114 e. The Labute approximate surface area is 72.3 Å². The van der Waals surface area contributed by atoms with Crippen LogP contribution in [0.5, 0.6) is 0 Å². The van der Waals surface area contributed by atoms with Crippen LogP contribution in [0.3, 0.4) is 0 Å². The minimum atomic E-state index is -0.646. The zero-order chi connectivity index (χ0) is 8.81. The molecule has 1 rings (SSSR count). The Hall–Kier alpha value is -1.33. The van der Waals surface area contributed by atoms with Crippen molar-refractivity contribution in [2.24, 2.45) is 0 Å². The summed E-state index contributed by atoms with van der Waals surface area (Å²) >= 11 is 0. The lowest BCUT2D eigenvalue weighted by Gasteiger charge is -2.01. The zero-order valence-corrected chi connectivity index (χ0v) is 6.77. The lowest BCUT2D eigenvalue weighted by Crippen LogP contribution is -2.04. The van der Waals surface area contributed by atoms with E-state index in [0.717, 1.165) is 12.1 Å². The summed E-state index contributed by atoms with van der Waals surface area (Å²) in [7, 11) is 0. The van der Waals surface area contributed by atoms with Crippen LogP contribution in [0.15, 0.2) is 24.4 Å². The van der Waals surface area contributed by atoms with E-state index in [9.17, 15) is 0 Å². The van der Waals surface area contributed by atoms with Crippen molar-refractivity contribution in [1.82, 2.24) is 4.98 Å². The first-order valence-electron chi connectivity index (χ1n) is 3.87.